The summed E-state index contributed by atoms with van der Waals surface area (Å²) in [6.07, 6.45) is 0.943. The zero-order valence-electron chi connectivity index (χ0n) is 10.7. The fraction of sp³-hybridized carbons (Fsp3) is 0.333. The molecule has 0 spiro atoms. The van der Waals surface area contributed by atoms with Crippen molar-refractivity contribution in [2.75, 3.05) is 5.75 Å². The highest BCUT2D eigenvalue weighted by molar-refractivity contribution is 7.98. The molecule has 2 heterocycles. The van der Waals surface area contributed by atoms with Gasteiger partial charge >= 0.3 is 0 Å². The second-order valence-electron chi connectivity index (χ2n) is 4.86. The molecular formula is C15H14ClFOS2. The summed E-state index contributed by atoms with van der Waals surface area (Å²) in [5, 5.41) is 10.7. The summed E-state index contributed by atoms with van der Waals surface area (Å²) < 4.78 is 13.0. The molecule has 106 valence electrons. The first-order valence-corrected chi connectivity index (χ1v) is 8.79. The molecule has 2 aromatic rings. The van der Waals surface area contributed by atoms with Crippen molar-refractivity contribution in [2.24, 2.45) is 0 Å². The molecule has 0 saturated carbocycles. The van der Waals surface area contributed by atoms with Gasteiger partial charge in [-0.3, -0.25) is 0 Å². The van der Waals surface area contributed by atoms with Gasteiger partial charge in [-0.2, -0.15) is 11.8 Å². The molecule has 0 bridgehead atoms. The van der Waals surface area contributed by atoms with Crippen molar-refractivity contribution in [1.82, 2.24) is 0 Å². The number of aliphatic hydroxyl groups is 1. The highest BCUT2D eigenvalue weighted by Crippen LogP contribution is 2.36. The van der Waals surface area contributed by atoms with Gasteiger partial charge in [-0.1, -0.05) is 17.7 Å². The molecular weight excluding hydrogens is 315 g/mol. The van der Waals surface area contributed by atoms with Crippen LogP contribution in [0.25, 0.3) is 0 Å². The van der Waals surface area contributed by atoms with Crippen molar-refractivity contribution >= 4 is 34.7 Å². The first kappa shape index (κ1) is 14.4. The molecule has 5 heteroatoms. The highest BCUT2D eigenvalue weighted by atomic mass is 35.5. The number of hydrogen-bond acceptors (Lipinski definition) is 3. The molecule has 1 unspecified atom stereocenters. The van der Waals surface area contributed by atoms with Crippen LogP contribution in [-0.2, 0) is 18.6 Å². The molecule has 1 nitrogen and oxygen atoms in total. The van der Waals surface area contributed by atoms with E-state index in [1.807, 2.05) is 11.8 Å². The van der Waals surface area contributed by atoms with Crippen molar-refractivity contribution in [3.8, 4) is 0 Å². The van der Waals surface area contributed by atoms with E-state index in [-0.39, 0.29) is 5.82 Å². The fourth-order valence-corrected chi connectivity index (χ4v) is 4.94. The summed E-state index contributed by atoms with van der Waals surface area (Å²) in [6.45, 7) is 0. The van der Waals surface area contributed by atoms with E-state index in [2.05, 4.69) is 6.07 Å². The van der Waals surface area contributed by atoms with Crippen LogP contribution in [0, 0.1) is 5.82 Å². The van der Waals surface area contributed by atoms with Crippen LogP contribution in [0.2, 0.25) is 5.02 Å². The first-order valence-electron chi connectivity index (χ1n) is 6.44. The van der Waals surface area contributed by atoms with Gasteiger partial charge in [0.25, 0.3) is 0 Å². The van der Waals surface area contributed by atoms with Gasteiger partial charge < -0.3 is 5.11 Å². The van der Waals surface area contributed by atoms with E-state index < -0.39 is 6.10 Å². The second kappa shape index (κ2) is 6.06. The number of halogens is 2. The van der Waals surface area contributed by atoms with E-state index >= 15 is 0 Å². The van der Waals surface area contributed by atoms with E-state index in [0.29, 0.717) is 11.4 Å². The molecule has 1 atom stereocenters. The van der Waals surface area contributed by atoms with Crippen LogP contribution in [0.5, 0.6) is 0 Å². The van der Waals surface area contributed by atoms with Crippen LogP contribution < -0.4 is 0 Å². The summed E-state index contributed by atoms with van der Waals surface area (Å²) in [5.41, 5.74) is 2.13. The summed E-state index contributed by atoms with van der Waals surface area (Å²) >= 11 is 9.64. The number of rotatable bonds is 3. The Morgan fingerprint density at radius 2 is 2.20 bits per heavy atom. The number of thiophene rings is 1. The molecule has 0 fully saturated rings. The minimum Gasteiger partial charge on any atom is -0.387 e. The molecule has 0 amide bonds. The van der Waals surface area contributed by atoms with Crippen molar-refractivity contribution in [1.29, 1.82) is 0 Å². The normalized spacial score (nSPS) is 15.9. The smallest absolute Gasteiger partial charge is 0.124 e. The average molecular weight is 329 g/mol. The standard InChI is InChI=1S/C15H14ClFOS2/c16-12-7-11(17)2-1-9(12)5-13(18)15-6-10-8-19-4-3-14(10)20-15/h1-2,6-7,13,18H,3-5,8H2. The fourth-order valence-electron chi connectivity index (χ4n) is 2.33. The zero-order chi connectivity index (χ0) is 14.1. The third-order valence-corrected chi connectivity index (χ3v) is 6.10. The van der Waals surface area contributed by atoms with Gasteiger partial charge in [0.2, 0.25) is 0 Å². The number of benzene rings is 1. The highest BCUT2D eigenvalue weighted by Gasteiger charge is 2.19. The Morgan fingerprint density at radius 1 is 1.35 bits per heavy atom. The summed E-state index contributed by atoms with van der Waals surface area (Å²) in [5.74, 6) is 1.85. The lowest BCUT2D eigenvalue weighted by atomic mass is 10.1. The van der Waals surface area contributed by atoms with Crippen LogP contribution in [0.3, 0.4) is 0 Å². The van der Waals surface area contributed by atoms with Gasteiger partial charge in [0.15, 0.2) is 0 Å². The minimum atomic E-state index is -0.571. The van der Waals surface area contributed by atoms with E-state index in [0.717, 1.165) is 28.4 Å². The Labute approximate surface area is 130 Å². The van der Waals surface area contributed by atoms with Crippen LogP contribution in [0.15, 0.2) is 24.3 Å². The van der Waals surface area contributed by atoms with Gasteiger partial charge in [0.05, 0.1) is 6.10 Å². The zero-order valence-corrected chi connectivity index (χ0v) is 13.1. The van der Waals surface area contributed by atoms with E-state index in [1.54, 1.807) is 17.4 Å². The molecule has 0 saturated heterocycles. The monoisotopic (exact) mass is 328 g/mol. The first-order chi connectivity index (χ1) is 9.63. The Kier molecular flexibility index (Phi) is 4.36. The predicted octanol–water partition coefficient (Wildman–Crippen LogP) is 4.61. The number of hydrogen-bond donors (Lipinski definition) is 1. The average Bonchev–Trinajstić information content (AvgIpc) is 2.86. The van der Waals surface area contributed by atoms with Gasteiger partial charge in [-0.05, 0) is 41.5 Å². The van der Waals surface area contributed by atoms with Crippen LogP contribution in [0.1, 0.15) is 27.0 Å². The predicted molar refractivity (Wildman–Crippen MR) is 84.3 cm³/mol. The van der Waals surface area contributed by atoms with Crippen molar-refractivity contribution in [3.63, 3.8) is 0 Å². The third kappa shape index (κ3) is 3.03. The van der Waals surface area contributed by atoms with Crippen LogP contribution in [-0.4, -0.2) is 10.9 Å². The molecule has 1 aromatic carbocycles. The number of aryl methyl sites for hydroxylation is 1. The topological polar surface area (TPSA) is 20.2 Å². The molecule has 0 aliphatic carbocycles. The van der Waals surface area contributed by atoms with Gasteiger partial charge in [0.1, 0.15) is 5.82 Å². The van der Waals surface area contributed by atoms with Crippen molar-refractivity contribution < 1.29 is 9.50 Å². The van der Waals surface area contributed by atoms with E-state index in [1.165, 1.54) is 22.6 Å². The second-order valence-corrected chi connectivity index (χ2v) is 7.54. The largest absolute Gasteiger partial charge is 0.387 e. The Balaban J connectivity index is 1.78. The van der Waals surface area contributed by atoms with E-state index in [9.17, 15) is 9.50 Å². The SMILES string of the molecule is OC(Cc1ccc(F)cc1Cl)c1cc2c(s1)CCSC2. The number of fused-ring (bicyclic) bond motifs is 1. The number of aliphatic hydroxyl groups excluding tert-OH is 1. The van der Waals surface area contributed by atoms with Gasteiger partial charge in [-0.25, -0.2) is 4.39 Å². The molecule has 0 radical (unpaired) electrons. The minimum absolute atomic E-state index is 0.350. The van der Waals surface area contributed by atoms with E-state index in [4.69, 9.17) is 11.6 Å². The molecule has 3 rings (SSSR count). The molecule has 1 aliphatic rings. The van der Waals surface area contributed by atoms with Crippen LogP contribution in [0.4, 0.5) is 4.39 Å². The molecule has 1 N–H and O–H groups in total. The summed E-state index contributed by atoms with van der Waals surface area (Å²) in [4.78, 5) is 2.38. The molecule has 1 aliphatic heterocycles. The van der Waals surface area contributed by atoms with Crippen molar-refractivity contribution in [3.05, 3.63) is 56.0 Å². The Hall–Kier alpha value is -0.550. The Bertz CT molecular complexity index is 603. The lowest BCUT2D eigenvalue weighted by Crippen LogP contribution is -2.00. The maximum absolute atomic E-state index is 13.0. The third-order valence-electron chi connectivity index (χ3n) is 3.40. The van der Waals surface area contributed by atoms with Crippen LogP contribution >= 0.6 is 34.7 Å². The molecule has 1 aromatic heterocycles. The summed E-state index contributed by atoms with van der Waals surface area (Å²) in [6, 6.07) is 6.42. The van der Waals surface area contributed by atoms with Crippen molar-refractivity contribution in [2.45, 2.75) is 24.7 Å². The van der Waals surface area contributed by atoms with Gasteiger partial charge in [-0.15, -0.1) is 11.3 Å². The maximum atomic E-state index is 13.0. The maximum Gasteiger partial charge on any atom is 0.124 e. The Morgan fingerprint density at radius 3 is 2.95 bits per heavy atom. The van der Waals surface area contributed by atoms with Gasteiger partial charge in [0, 0.05) is 27.0 Å². The lowest BCUT2D eigenvalue weighted by molar-refractivity contribution is 0.182. The summed E-state index contributed by atoms with van der Waals surface area (Å²) in [7, 11) is 0. The quantitative estimate of drug-likeness (QED) is 0.888. The molecule has 20 heavy (non-hydrogen) atoms. The number of thioether (sulfide) groups is 1. The lowest BCUT2D eigenvalue weighted by Gasteiger charge is -2.10.